The summed E-state index contributed by atoms with van der Waals surface area (Å²) in [5.41, 5.74) is 0. The van der Waals surface area contributed by atoms with Crippen molar-refractivity contribution in [2.45, 2.75) is 45.6 Å². The van der Waals surface area contributed by atoms with Crippen LogP contribution in [-0.2, 0) is 4.79 Å². The van der Waals surface area contributed by atoms with Gasteiger partial charge in [-0.05, 0) is 25.7 Å². The molecule has 0 fully saturated rings. The predicted molar refractivity (Wildman–Crippen MR) is 46.9 cm³/mol. The summed E-state index contributed by atoms with van der Waals surface area (Å²) in [7, 11) is 0. The molecule has 0 aromatic heterocycles. The molecule has 0 bridgehead atoms. The van der Waals surface area contributed by atoms with Crippen LogP contribution in [0.3, 0.4) is 0 Å². The first-order valence-corrected chi connectivity index (χ1v) is 4.46. The molecule has 2 N–H and O–H groups in total. The van der Waals surface area contributed by atoms with Crippen molar-refractivity contribution in [2.24, 2.45) is 5.92 Å². The fraction of sp³-hybridized carbons (Fsp3) is 0.889. The molecule has 0 aliphatic rings. The lowest BCUT2D eigenvalue weighted by atomic mass is 9.94. The van der Waals surface area contributed by atoms with Crippen LogP contribution in [0.2, 0.25) is 0 Å². The zero-order valence-electron chi connectivity index (χ0n) is 7.79. The quantitative estimate of drug-likeness (QED) is 0.643. The molecule has 0 spiro atoms. The van der Waals surface area contributed by atoms with Crippen LogP contribution < -0.4 is 0 Å². The molecule has 0 saturated carbocycles. The number of carboxylic acid groups (broad SMARTS) is 1. The first-order chi connectivity index (χ1) is 5.56. The van der Waals surface area contributed by atoms with Gasteiger partial charge in [-0.3, -0.25) is 4.79 Å². The van der Waals surface area contributed by atoms with E-state index in [1.165, 1.54) is 0 Å². The molecule has 0 radical (unpaired) electrons. The van der Waals surface area contributed by atoms with Crippen molar-refractivity contribution >= 4 is 5.97 Å². The Hall–Kier alpha value is -0.570. The van der Waals surface area contributed by atoms with Crippen molar-refractivity contribution in [3.63, 3.8) is 0 Å². The van der Waals surface area contributed by atoms with Crippen molar-refractivity contribution in [2.75, 3.05) is 0 Å². The van der Waals surface area contributed by atoms with Crippen LogP contribution in [-0.4, -0.2) is 22.3 Å². The minimum atomic E-state index is -0.751. The zero-order valence-corrected chi connectivity index (χ0v) is 7.79. The molecule has 0 aliphatic carbocycles. The number of aliphatic carboxylic acids is 1. The minimum absolute atomic E-state index is 0.214. The van der Waals surface area contributed by atoms with E-state index in [-0.39, 0.29) is 12.5 Å². The second-order valence-electron chi connectivity index (χ2n) is 3.29. The van der Waals surface area contributed by atoms with Gasteiger partial charge in [-0.25, -0.2) is 0 Å². The fourth-order valence-electron chi connectivity index (χ4n) is 1.30. The third kappa shape index (κ3) is 6.16. The second kappa shape index (κ2) is 6.00. The average Bonchev–Trinajstić information content (AvgIpc) is 1.97. The van der Waals surface area contributed by atoms with Gasteiger partial charge in [0.15, 0.2) is 0 Å². The van der Waals surface area contributed by atoms with E-state index in [2.05, 4.69) is 0 Å². The molecule has 3 nitrogen and oxygen atoms in total. The van der Waals surface area contributed by atoms with E-state index in [0.717, 1.165) is 6.42 Å². The van der Waals surface area contributed by atoms with Gasteiger partial charge in [0.1, 0.15) is 0 Å². The van der Waals surface area contributed by atoms with Crippen LogP contribution >= 0.6 is 0 Å². The summed E-state index contributed by atoms with van der Waals surface area (Å²) in [6.45, 7) is 3.76. The first-order valence-electron chi connectivity index (χ1n) is 4.46. The van der Waals surface area contributed by atoms with Crippen molar-refractivity contribution in [3.8, 4) is 0 Å². The molecule has 0 rings (SSSR count). The Balaban J connectivity index is 3.60. The monoisotopic (exact) mass is 174 g/mol. The molecule has 0 aliphatic heterocycles. The number of hydrogen-bond acceptors (Lipinski definition) is 2. The Kier molecular flexibility index (Phi) is 5.72. The van der Waals surface area contributed by atoms with E-state index < -0.39 is 5.97 Å². The summed E-state index contributed by atoms with van der Waals surface area (Å²) >= 11 is 0. The summed E-state index contributed by atoms with van der Waals surface area (Å²) in [6, 6.07) is 0. The van der Waals surface area contributed by atoms with Crippen molar-refractivity contribution < 1.29 is 15.0 Å². The van der Waals surface area contributed by atoms with E-state index in [1.54, 1.807) is 6.92 Å². The topological polar surface area (TPSA) is 57.5 Å². The van der Waals surface area contributed by atoms with Crippen LogP contribution in [0.25, 0.3) is 0 Å². The maximum atomic E-state index is 10.2. The predicted octanol–water partition coefficient (Wildman–Crippen LogP) is 1.65. The van der Waals surface area contributed by atoms with Crippen molar-refractivity contribution in [1.29, 1.82) is 0 Å². The number of carbonyl (C=O) groups is 1. The Bertz CT molecular complexity index is 132. The van der Waals surface area contributed by atoms with Gasteiger partial charge < -0.3 is 10.2 Å². The van der Waals surface area contributed by atoms with E-state index in [1.807, 2.05) is 6.92 Å². The van der Waals surface area contributed by atoms with E-state index in [4.69, 9.17) is 10.2 Å². The van der Waals surface area contributed by atoms with Crippen LogP contribution in [0.4, 0.5) is 0 Å². The van der Waals surface area contributed by atoms with Gasteiger partial charge in [0.05, 0.1) is 6.10 Å². The highest BCUT2D eigenvalue weighted by Gasteiger charge is 2.10. The summed E-state index contributed by atoms with van der Waals surface area (Å²) in [4.78, 5) is 10.2. The molecule has 0 saturated heterocycles. The molecule has 0 aromatic carbocycles. The Labute approximate surface area is 73.4 Å². The zero-order chi connectivity index (χ0) is 9.56. The Morgan fingerprint density at radius 1 is 1.50 bits per heavy atom. The summed E-state index contributed by atoms with van der Waals surface area (Å²) in [5.74, 6) is -0.403. The third-order valence-corrected chi connectivity index (χ3v) is 2.02. The maximum absolute atomic E-state index is 10.2. The molecule has 0 heterocycles. The molecule has 0 aromatic rings. The van der Waals surface area contributed by atoms with E-state index in [9.17, 15) is 4.79 Å². The Morgan fingerprint density at radius 2 is 2.08 bits per heavy atom. The lowest BCUT2D eigenvalue weighted by molar-refractivity contribution is -0.137. The molecule has 72 valence electrons. The molecule has 12 heavy (non-hydrogen) atoms. The van der Waals surface area contributed by atoms with Crippen LogP contribution in [0.1, 0.15) is 39.5 Å². The number of rotatable bonds is 6. The number of carboxylic acids is 1. The largest absolute Gasteiger partial charge is 0.481 e. The second-order valence-corrected chi connectivity index (χ2v) is 3.29. The third-order valence-electron chi connectivity index (χ3n) is 2.02. The highest BCUT2D eigenvalue weighted by Crippen LogP contribution is 2.17. The number of hydrogen-bond donors (Lipinski definition) is 2. The van der Waals surface area contributed by atoms with Gasteiger partial charge in [-0.15, -0.1) is 0 Å². The van der Waals surface area contributed by atoms with Gasteiger partial charge >= 0.3 is 5.97 Å². The highest BCUT2D eigenvalue weighted by molar-refractivity contribution is 5.66. The lowest BCUT2D eigenvalue weighted by Gasteiger charge is -2.14. The van der Waals surface area contributed by atoms with E-state index >= 15 is 0 Å². The fourth-order valence-corrected chi connectivity index (χ4v) is 1.30. The van der Waals surface area contributed by atoms with Gasteiger partial charge in [0.25, 0.3) is 0 Å². The molecule has 0 amide bonds. The van der Waals surface area contributed by atoms with Crippen molar-refractivity contribution in [3.05, 3.63) is 0 Å². The number of aliphatic hydroxyl groups excluding tert-OH is 1. The summed E-state index contributed by atoms with van der Waals surface area (Å²) in [5, 5.41) is 17.5. The Morgan fingerprint density at radius 3 is 2.42 bits per heavy atom. The normalized spacial score (nSPS) is 15.6. The highest BCUT2D eigenvalue weighted by atomic mass is 16.4. The average molecular weight is 174 g/mol. The standard InChI is InChI=1S/C9H18O3/c1-3-8(6-7(2)10)4-5-9(11)12/h7-8,10H,3-6H2,1-2H3,(H,11,12). The van der Waals surface area contributed by atoms with Gasteiger partial charge in [0, 0.05) is 6.42 Å². The number of aliphatic hydroxyl groups is 1. The maximum Gasteiger partial charge on any atom is 0.303 e. The SMILES string of the molecule is CCC(CCC(=O)O)CC(C)O. The van der Waals surface area contributed by atoms with Crippen LogP contribution in [0.5, 0.6) is 0 Å². The van der Waals surface area contributed by atoms with Gasteiger partial charge in [-0.1, -0.05) is 13.3 Å². The first kappa shape index (κ1) is 11.4. The minimum Gasteiger partial charge on any atom is -0.481 e. The summed E-state index contributed by atoms with van der Waals surface area (Å²) in [6.07, 6.45) is 2.23. The molecule has 2 unspecified atom stereocenters. The summed E-state index contributed by atoms with van der Waals surface area (Å²) < 4.78 is 0. The van der Waals surface area contributed by atoms with Crippen molar-refractivity contribution in [1.82, 2.24) is 0 Å². The van der Waals surface area contributed by atoms with E-state index in [0.29, 0.717) is 18.8 Å². The van der Waals surface area contributed by atoms with Crippen LogP contribution in [0.15, 0.2) is 0 Å². The molecular formula is C9H18O3. The van der Waals surface area contributed by atoms with Gasteiger partial charge in [-0.2, -0.15) is 0 Å². The van der Waals surface area contributed by atoms with Crippen LogP contribution in [0, 0.1) is 5.92 Å². The lowest BCUT2D eigenvalue weighted by Crippen LogP contribution is -2.11. The van der Waals surface area contributed by atoms with Gasteiger partial charge in [0.2, 0.25) is 0 Å². The smallest absolute Gasteiger partial charge is 0.303 e. The molecule has 3 heteroatoms. The molecule has 2 atom stereocenters. The molecular weight excluding hydrogens is 156 g/mol.